The number of hydrogen-bond donors (Lipinski definition) is 1. The highest BCUT2D eigenvalue weighted by Gasteiger charge is 2.15. The molecule has 0 aliphatic carbocycles. The number of halogens is 1. The first-order chi connectivity index (χ1) is 8.20. The van der Waals surface area contributed by atoms with Crippen molar-refractivity contribution in [2.24, 2.45) is 0 Å². The van der Waals surface area contributed by atoms with Crippen molar-refractivity contribution in [1.82, 2.24) is 5.32 Å². The van der Waals surface area contributed by atoms with E-state index in [1.54, 1.807) is 22.7 Å². The minimum atomic E-state index is 0.404. The summed E-state index contributed by atoms with van der Waals surface area (Å²) in [6, 6.07) is 4.50. The van der Waals surface area contributed by atoms with Gasteiger partial charge in [0.15, 0.2) is 0 Å². The van der Waals surface area contributed by atoms with Gasteiger partial charge in [-0.15, -0.1) is 11.3 Å². The topological polar surface area (TPSA) is 12.0 Å². The molecule has 0 aliphatic heterocycles. The van der Waals surface area contributed by atoms with Crippen LogP contribution in [0, 0.1) is 6.92 Å². The molecule has 2 heterocycles. The molecule has 1 N–H and O–H groups in total. The summed E-state index contributed by atoms with van der Waals surface area (Å²) in [4.78, 5) is 1.34. The van der Waals surface area contributed by atoms with E-state index in [9.17, 15) is 0 Å². The Morgan fingerprint density at radius 3 is 2.71 bits per heavy atom. The van der Waals surface area contributed by atoms with Gasteiger partial charge in [-0.05, 0) is 47.5 Å². The molecule has 17 heavy (non-hydrogen) atoms. The predicted molar refractivity (Wildman–Crippen MR) is 78.5 cm³/mol. The lowest BCUT2D eigenvalue weighted by atomic mass is 10.0. The fourth-order valence-electron chi connectivity index (χ4n) is 1.93. The maximum absolute atomic E-state index is 5.98. The van der Waals surface area contributed by atoms with Crippen LogP contribution in [0.25, 0.3) is 0 Å². The van der Waals surface area contributed by atoms with Crippen LogP contribution in [0.3, 0.4) is 0 Å². The van der Waals surface area contributed by atoms with Crippen LogP contribution in [-0.2, 0) is 6.42 Å². The van der Waals surface area contributed by atoms with Crippen molar-refractivity contribution in [2.45, 2.75) is 26.3 Å². The molecule has 0 aliphatic rings. The van der Waals surface area contributed by atoms with E-state index < -0.39 is 0 Å². The van der Waals surface area contributed by atoms with Crippen LogP contribution in [0.5, 0.6) is 0 Å². The van der Waals surface area contributed by atoms with Crippen LogP contribution in [-0.4, -0.2) is 6.54 Å². The van der Waals surface area contributed by atoms with Gasteiger partial charge in [-0.1, -0.05) is 18.5 Å². The summed E-state index contributed by atoms with van der Waals surface area (Å²) in [5.41, 5.74) is 2.80. The Kier molecular flexibility index (Phi) is 4.62. The number of aryl methyl sites for hydroxylation is 1. The fourth-order valence-corrected chi connectivity index (χ4v) is 3.97. The molecule has 2 rings (SSSR count). The maximum atomic E-state index is 5.98. The third-order valence-electron chi connectivity index (χ3n) is 2.76. The van der Waals surface area contributed by atoms with Crippen LogP contribution < -0.4 is 5.32 Å². The average molecular weight is 286 g/mol. The van der Waals surface area contributed by atoms with E-state index >= 15 is 0 Å². The van der Waals surface area contributed by atoms with Crippen LogP contribution in [0.2, 0.25) is 4.34 Å². The van der Waals surface area contributed by atoms with Gasteiger partial charge in [0.1, 0.15) is 0 Å². The van der Waals surface area contributed by atoms with Crippen LogP contribution in [0.15, 0.2) is 22.9 Å². The summed E-state index contributed by atoms with van der Waals surface area (Å²) in [6.45, 7) is 5.31. The first-order valence-corrected chi connectivity index (χ1v) is 7.84. The Balaban J connectivity index is 2.15. The summed E-state index contributed by atoms with van der Waals surface area (Å²) < 4.78 is 0.872. The Morgan fingerprint density at radius 1 is 1.35 bits per heavy atom. The molecule has 0 amide bonds. The van der Waals surface area contributed by atoms with E-state index in [1.807, 2.05) is 6.07 Å². The highest BCUT2D eigenvalue weighted by atomic mass is 35.5. The van der Waals surface area contributed by atoms with E-state index in [4.69, 9.17) is 11.6 Å². The molecule has 0 bridgehead atoms. The second-order valence-electron chi connectivity index (χ2n) is 4.03. The quantitative estimate of drug-likeness (QED) is 0.842. The summed E-state index contributed by atoms with van der Waals surface area (Å²) in [5.74, 6) is 0. The molecule has 0 spiro atoms. The molecule has 0 saturated heterocycles. The normalized spacial score (nSPS) is 12.9. The molecule has 4 heteroatoms. The molecule has 0 saturated carbocycles. The molecule has 92 valence electrons. The van der Waals surface area contributed by atoms with Gasteiger partial charge in [-0.3, -0.25) is 0 Å². The molecular formula is C13H16ClNS2. The van der Waals surface area contributed by atoms with Gasteiger partial charge in [0.2, 0.25) is 0 Å². The van der Waals surface area contributed by atoms with Crippen molar-refractivity contribution in [3.8, 4) is 0 Å². The van der Waals surface area contributed by atoms with E-state index in [0.717, 1.165) is 17.3 Å². The van der Waals surface area contributed by atoms with Crippen molar-refractivity contribution >= 4 is 34.3 Å². The average Bonchev–Trinajstić information content (AvgIpc) is 2.87. The largest absolute Gasteiger partial charge is 0.310 e. The van der Waals surface area contributed by atoms with E-state index in [-0.39, 0.29) is 0 Å². The Morgan fingerprint density at radius 2 is 2.18 bits per heavy atom. The van der Waals surface area contributed by atoms with Gasteiger partial charge in [0, 0.05) is 17.3 Å². The van der Waals surface area contributed by atoms with Crippen molar-refractivity contribution in [3.05, 3.63) is 43.2 Å². The van der Waals surface area contributed by atoms with Crippen molar-refractivity contribution in [3.63, 3.8) is 0 Å². The first kappa shape index (κ1) is 13.1. The summed E-state index contributed by atoms with van der Waals surface area (Å²) in [5, 5.41) is 8.01. The minimum absolute atomic E-state index is 0.404. The Hall–Kier alpha value is -0.350. The van der Waals surface area contributed by atoms with Gasteiger partial charge in [0.25, 0.3) is 0 Å². The zero-order valence-electron chi connectivity index (χ0n) is 10.00. The molecule has 0 aromatic carbocycles. The van der Waals surface area contributed by atoms with Crippen molar-refractivity contribution in [2.75, 3.05) is 6.54 Å². The van der Waals surface area contributed by atoms with Gasteiger partial charge in [-0.2, -0.15) is 11.3 Å². The molecule has 2 aromatic rings. The zero-order valence-corrected chi connectivity index (χ0v) is 12.4. The van der Waals surface area contributed by atoms with E-state index in [2.05, 4.69) is 36.0 Å². The first-order valence-electron chi connectivity index (χ1n) is 5.71. The number of hydrogen-bond acceptors (Lipinski definition) is 3. The van der Waals surface area contributed by atoms with Crippen LogP contribution in [0.1, 0.15) is 29.0 Å². The summed E-state index contributed by atoms with van der Waals surface area (Å²) in [7, 11) is 0. The van der Waals surface area contributed by atoms with Crippen molar-refractivity contribution in [1.29, 1.82) is 0 Å². The van der Waals surface area contributed by atoms with Crippen LogP contribution >= 0.6 is 34.3 Å². The lowest BCUT2D eigenvalue weighted by molar-refractivity contribution is 0.552. The lowest BCUT2D eigenvalue weighted by Gasteiger charge is -2.17. The third-order valence-corrected chi connectivity index (χ3v) is 4.89. The smallest absolute Gasteiger partial charge is 0.0931 e. The second kappa shape index (κ2) is 6.01. The third kappa shape index (κ3) is 3.32. The zero-order chi connectivity index (χ0) is 12.3. The number of likely N-dealkylation sites (N-methyl/N-ethyl adjacent to an activating group) is 1. The molecular weight excluding hydrogens is 270 g/mol. The standard InChI is InChI=1S/C13H16ClNS2/c1-3-15-12(11-8-16-7-9(11)2)6-10-4-5-13(14)17-10/h4-5,7-8,12,15H,3,6H2,1-2H3. The highest BCUT2D eigenvalue weighted by molar-refractivity contribution is 7.16. The molecule has 1 atom stereocenters. The van der Waals surface area contributed by atoms with Crippen LogP contribution in [0.4, 0.5) is 0 Å². The van der Waals surface area contributed by atoms with Gasteiger partial charge < -0.3 is 5.32 Å². The van der Waals surface area contributed by atoms with Crippen molar-refractivity contribution < 1.29 is 0 Å². The molecule has 1 nitrogen and oxygen atoms in total. The molecule has 0 fully saturated rings. The number of thiophene rings is 2. The predicted octanol–water partition coefficient (Wildman–Crippen LogP) is 4.66. The van der Waals surface area contributed by atoms with Gasteiger partial charge in [-0.25, -0.2) is 0 Å². The lowest BCUT2D eigenvalue weighted by Crippen LogP contribution is -2.22. The monoisotopic (exact) mass is 285 g/mol. The maximum Gasteiger partial charge on any atom is 0.0931 e. The van der Waals surface area contributed by atoms with E-state index in [1.165, 1.54) is 16.0 Å². The molecule has 0 radical (unpaired) electrons. The number of rotatable bonds is 5. The Labute approximate surface area is 115 Å². The number of nitrogens with one attached hydrogen (secondary N) is 1. The highest BCUT2D eigenvalue weighted by Crippen LogP contribution is 2.29. The molecule has 1 unspecified atom stereocenters. The van der Waals surface area contributed by atoms with E-state index in [0.29, 0.717) is 6.04 Å². The SMILES string of the molecule is CCNC(Cc1ccc(Cl)s1)c1cscc1C. The second-order valence-corrected chi connectivity index (χ2v) is 6.57. The molecule has 2 aromatic heterocycles. The minimum Gasteiger partial charge on any atom is -0.310 e. The Bertz CT molecular complexity index is 475. The summed E-state index contributed by atoms with van der Waals surface area (Å²) in [6.07, 6.45) is 1.02. The van der Waals surface area contributed by atoms with Gasteiger partial charge >= 0.3 is 0 Å². The summed E-state index contributed by atoms with van der Waals surface area (Å²) >= 11 is 9.42. The fraction of sp³-hybridized carbons (Fsp3) is 0.385. The van der Waals surface area contributed by atoms with Gasteiger partial charge in [0.05, 0.1) is 4.34 Å².